The van der Waals surface area contributed by atoms with Crippen LogP contribution in [0.1, 0.15) is 43.7 Å². The van der Waals surface area contributed by atoms with E-state index >= 15 is 0 Å². The molecule has 1 aromatic rings. The summed E-state index contributed by atoms with van der Waals surface area (Å²) in [5.41, 5.74) is 1.21. The lowest BCUT2D eigenvalue weighted by Gasteiger charge is -2.31. The lowest BCUT2D eigenvalue weighted by molar-refractivity contribution is -0.154. The number of carbonyl (C=O) groups excluding carboxylic acids is 1. The van der Waals surface area contributed by atoms with Gasteiger partial charge in [0.05, 0.1) is 36.1 Å². The molecule has 7 nitrogen and oxygen atoms in total. The van der Waals surface area contributed by atoms with Crippen LogP contribution in [0.2, 0.25) is 0 Å². The normalized spacial score (nSPS) is 19.3. The Hall–Kier alpha value is -1.89. The number of amides is 1. The number of aromatic nitrogens is 2. The number of rotatable bonds is 3. The predicted octanol–water partition coefficient (Wildman–Crippen LogP) is 1.13. The first-order valence-corrected chi connectivity index (χ1v) is 7.46. The van der Waals surface area contributed by atoms with Crippen LogP contribution in [-0.2, 0) is 21.5 Å². The van der Waals surface area contributed by atoms with Gasteiger partial charge in [-0.3, -0.25) is 9.48 Å². The first-order valence-electron chi connectivity index (χ1n) is 7.46. The Bertz CT molecular complexity index is 574. The highest BCUT2D eigenvalue weighted by molar-refractivity contribution is 5.95. The fraction of sp³-hybridized carbons (Fsp3) is 0.667. The summed E-state index contributed by atoms with van der Waals surface area (Å²) < 4.78 is 7.01. The van der Waals surface area contributed by atoms with Crippen molar-refractivity contribution in [1.29, 1.82) is 0 Å². The Morgan fingerprint density at radius 2 is 2.14 bits per heavy atom. The first kappa shape index (κ1) is 16.5. The van der Waals surface area contributed by atoms with E-state index in [1.54, 1.807) is 6.20 Å². The second-order valence-electron chi connectivity index (χ2n) is 6.39. The first-order chi connectivity index (χ1) is 10.3. The number of hydrogen-bond acceptors (Lipinski definition) is 4. The molecule has 1 atom stereocenters. The molecule has 0 radical (unpaired) electrons. The van der Waals surface area contributed by atoms with Crippen LogP contribution in [0.25, 0.3) is 0 Å². The zero-order chi connectivity index (χ0) is 16.5. The van der Waals surface area contributed by atoms with E-state index < -0.39 is 12.1 Å². The maximum Gasteiger partial charge on any atom is 0.334 e. The van der Waals surface area contributed by atoms with Crippen LogP contribution in [-0.4, -0.2) is 57.5 Å². The van der Waals surface area contributed by atoms with Gasteiger partial charge in [0.15, 0.2) is 6.10 Å². The van der Waals surface area contributed by atoms with Crippen LogP contribution in [0.5, 0.6) is 0 Å². The monoisotopic (exact) mass is 309 g/mol. The number of aliphatic carboxylic acids is 1. The summed E-state index contributed by atoms with van der Waals surface area (Å²) in [5.74, 6) is -1.22. The number of carboxylic acid groups (broad SMARTS) is 1. The molecular formula is C15H23N3O4. The lowest BCUT2D eigenvalue weighted by atomic mass is 10.1. The van der Waals surface area contributed by atoms with Gasteiger partial charge in [0.25, 0.3) is 5.91 Å². The Morgan fingerprint density at radius 3 is 2.68 bits per heavy atom. The number of nitrogens with zero attached hydrogens (tertiary/aromatic N) is 3. The maximum atomic E-state index is 12.7. The zero-order valence-electron chi connectivity index (χ0n) is 13.5. The highest BCUT2D eigenvalue weighted by Gasteiger charge is 2.32. The fourth-order valence-corrected chi connectivity index (χ4v) is 2.62. The smallest absolute Gasteiger partial charge is 0.334 e. The number of carbonyl (C=O) groups is 2. The quantitative estimate of drug-likeness (QED) is 0.904. The molecular weight excluding hydrogens is 286 g/mol. The van der Waals surface area contributed by atoms with Crippen LogP contribution >= 0.6 is 0 Å². The largest absolute Gasteiger partial charge is 0.479 e. The third-order valence-electron chi connectivity index (χ3n) is 3.70. The second kappa shape index (κ2) is 6.08. The second-order valence-corrected chi connectivity index (χ2v) is 6.39. The van der Waals surface area contributed by atoms with E-state index in [0.29, 0.717) is 18.5 Å². The van der Waals surface area contributed by atoms with E-state index in [2.05, 4.69) is 5.10 Å². The van der Waals surface area contributed by atoms with E-state index in [1.165, 1.54) is 4.90 Å². The van der Waals surface area contributed by atoms with Crippen LogP contribution in [0.3, 0.4) is 0 Å². The fourth-order valence-electron chi connectivity index (χ4n) is 2.62. The molecule has 122 valence electrons. The molecule has 1 aliphatic heterocycles. The van der Waals surface area contributed by atoms with Crippen LogP contribution < -0.4 is 0 Å². The van der Waals surface area contributed by atoms with Gasteiger partial charge in [-0.2, -0.15) is 5.10 Å². The molecule has 2 rings (SSSR count). The summed E-state index contributed by atoms with van der Waals surface area (Å²) in [5, 5.41) is 13.4. The van der Waals surface area contributed by atoms with Crippen molar-refractivity contribution in [2.24, 2.45) is 0 Å². The van der Waals surface area contributed by atoms with Crippen LogP contribution in [0.4, 0.5) is 0 Å². The average molecular weight is 309 g/mol. The summed E-state index contributed by atoms with van der Waals surface area (Å²) >= 11 is 0. The molecule has 1 aromatic heterocycles. The molecule has 0 bridgehead atoms. The van der Waals surface area contributed by atoms with Crippen LogP contribution in [0, 0.1) is 0 Å². The molecule has 0 aliphatic carbocycles. The van der Waals surface area contributed by atoms with Gasteiger partial charge in [0, 0.05) is 6.54 Å². The summed E-state index contributed by atoms with van der Waals surface area (Å²) in [4.78, 5) is 25.3. The summed E-state index contributed by atoms with van der Waals surface area (Å²) in [6, 6.07) is 0. The van der Waals surface area contributed by atoms with Crippen molar-refractivity contribution in [2.45, 2.75) is 45.8 Å². The van der Waals surface area contributed by atoms with Crippen molar-refractivity contribution in [2.75, 3.05) is 19.7 Å². The van der Waals surface area contributed by atoms with E-state index in [9.17, 15) is 9.59 Å². The van der Waals surface area contributed by atoms with Gasteiger partial charge in [0.2, 0.25) is 0 Å². The Balaban J connectivity index is 2.26. The van der Waals surface area contributed by atoms with Crippen molar-refractivity contribution in [1.82, 2.24) is 14.7 Å². The average Bonchev–Trinajstić information content (AvgIpc) is 2.90. The standard InChI is InChI=1S/C15H23N3O4/c1-5-11-10(8-16-18(11)15(2,3)4)13(19)17-6-7-22-12(9-17)14(20)21/h8,12H,5-7,9H2,1-4H3,(H,20,21)/t12-/m0/s1. The number of ether oxygens (including phenoxy) is 1. The third kappa shape index (κ3) is 3.14. The minimum atomic E-state index is -1.04. The highest BCUT2D eigenvalue weighted by Crippen LogP contribution is 2.21. The van der Waals surface area contributed by atoms with Crippen molar-refractivity contribution in [3.63, 3.8) is 0 Å². The van der Waals surface area contributed by atoms with Crippen molar-refractivity contribution >= 4 is 11.9 Å². The molecule has 0 unspecified atom stereocenters. The molecule has 1 fully saturated rings. The number of hydrogen-bond donors (Lipinski definition) is 1. The van der Waals surface area contributed by atoms with Gasteiger partial charge in [-0.1, -0.05) is 6.92 Å². The SMILES string of the molecule is CCc1c(C(=O)N2CCO[C@H](C(=O)O)C2)cnn1C(C)(C)C. The van der Waals surface area contributed by atoms with Gasteiger partial charge in [-0.05, 0) is 27.2 Å². The molecule has 1 N–H and O–H groups in total. The summed E-state index contributed by atoms with van der Waals surface area (Å²) in [6.07, 6.45) is 1.31. The molecule has 22 heavy (non-hydrogen) atoms. The van der Waals surface area contributed by atoms with Gasteiger partial charge < -0.3 is 14.7 Å². The van der Waals surface area contributed by atoms with Crippen LogP contribution in [0.15, 0.2) is 6.20 Å². The van der Waals surface area contributed by atoms with E-state index in [1.807, 2.05) is 32.4 Å². The highest BCUT2D eigenvalue weighted by atomic mass is 16.5. The van der Waals surface area contributed by atoms with Crippen molar-refractivity contribution in [3.8, 4) is 0 Å². The Morgan fingerprint density at radius 1 is 1.45 bits per heavy atom. The van der Waals surface area contributed by atoms with Gasteiger partial charge in [-0.25, -0.2) is 4.79 Å². The molecule has 7 heteroatoms. The molecule has 1 aliphatic rings. The Kier molecular flexibility index (Phi) is 4.55. The van der Waals surface area contributed by atoms with Gasteiger partial charge in [-0.15, -0.1) is 0 Å². The third-order valence-corrected chi connectivity index (χ3v) is 3.70. The van der Waals surface area contributed by atoms with Gasteiger partial charge >= 0.3 is 5.97 Å². The minimum absolute atomic E-state index is 0.0675. The zero-order valence-corrected chi connectivity index (χ0v) is 13.5. The molecule has 1 amide bonds. The summed E-state index contributed by atoms with van der Waals surface area (Å²) in [6.45, 7) is 8.77. The van der Waals surface area contributed by atoms with Crippen molar-refractivity contribution < 1.29 is 19.4 Å². The predicted molar refractivity (Wildman–Crippen MR) is 79.9 cm³/mol. The minimum Gasteiger partial charge on any atom is -0.479 e. The molecule has 1 saturated heterocycles. The van der Waals surface area contributed by atoms with E-state index in [0.717, 1.165) is 5.69 Å². The summed E-state index contributed by atoms with van der Waals surface area (Å²) in [7, 11) is 0. The van der Waals surface area contributed by atoms with Gasteiger partial charge in [0.1, 0.15) is 0 Å². The topological polar surface area (TPSA) is 84.7 Å². The molecule has 0 saturated carbocycles. The van der Waals surface area contributed by atoms with E-state index in [-0.39, 0.29) is 24.6 Å². The Labute approximate surface area is 129 Å². The van der Waals surface area contributed by atoms with Crippen molar-refractivity contribution in [3.05, 3.63) is 17.5 Å². The number of morpholine rings is 1. The van der Waals surface area contributed by atoms with E-state index in [4.69, 9.17) is 9.84 Å². The molecule has 0 aromatic carbocycles. The lowest BCUT2D eigenvalue weighted by Crippen LogP contribution is -2.48. The molecule has 2 heterocycles. The molecule has 0 spiro atoms. The maximum absolute atomic E-state index is 12.7. The number of carboxylic acids is 1.